The zero-order valence-electron chi connectivity index (χ0n) is 10.9. The average Bonchev–Trinajstić information content (AvgIpc) is 2.98. The third kappa shape index (κ3) is 3.44. The maximum Gasteiger partial charge on any atom is 0.242 e. The van der Waals surface area contributed by atoms with Crippen molar-refractivity contribution in [3.63, 3.8) is 0 Å². The molecule has 0 aliphatic rings. The van der Waals surface area contributed by atoms with Crippen LogP contribution in [0.5, 0.6) is 0 Å². The number of aryl methyl sites for hydroxylation is 1. The Morgan fingerprint density at radius 1 is 1.53 bits per heavy atom. The molecule has 0 unspecified atom stereocenters. The van der Waals surface area contributed by atoms with Crippen molar-refractivity contribution < 1.29 is 4.79 Å². The van der Waals surface area contributed by atoms with Crippen LogP contribution in [-0.2, 0) is 24.4 Å². The lowest BCUT2D eigenvalue weighted by molar-refractivity contribution is -0.122. The molecule has 19 heavy (non-hydrogen) atoms. The predicted octanol–water partition coefficient (Wildman–Crippen LogP) is 1.49. The van der Waals surface area contributed by atoms with Gasteiger partial charge < -0.3 is 5.32 Å². The van der Waals surface area contributed by atoms with E-state index >= 15 is 0 Å². The molecule has 0 spiro atoms. The van der Waals surface area contributed by atoms with Crippen LogP contribution in [0, 0.1) is 6.92 Å². The van der Waals surface area contributed by atoms with E-state index in [0.29, 0.717) is 6.54 Å². The molecule has 0 saturated carbocycles. The van der Waals surface area contributed by atoms with Gasteiger partial charge in [-0.05, 0) is 35.8 Å². The summed E-state index contributed by atoms with van der Waals surface area (Å²) < 4.78 is 4.39. The second-order valence-electron chi connectivity index (χ2n) is 4.18. The summed E-state index contributed by atoms with van der Waals surface area (Å²) in [6, 6.07) is 1.90. The fourth-order valence-corrected chi connectivity index (χ4v) is 1.93. The zero-order chi connectivity index (χ0) is 13.8. The molecule has 1 N–H and O–H groups in total. The highest BCUT2D eigenvalue weighted by molar-refractivity contribution is 9.10. The van der Waals surface area contributed by atoms with E-state index in [4.69, 9.17) is 0 Å². The minimum absolute atomic E-state index is 0.0789. The van der Waals surface area contributed by atoms with E-state index in [1.54, 1.807) is 10.9 Å². The van der Waals surface area contributed by atoms with E-state index in [2.05, 4.69) is 31.4 Å². The minimum Gasteiger partial charge on any atom is -0.349 e. The number of rotatable bonds is 5. The van der Waals surface area contributed by atoms with Gasteiger partial charge in [0.05, 0.1) is 28.6 Å². The number of nitrogens with zero attached hydrogens (tertiary/aromatic N) is 4. The first-order chi connectivity index (χ1) is 9.10. The van der Waals surface area contributed by atoms with E-state index < -0.39 is 0 Å². The molecule has 102 valence electrons. The van der Waals surface area contributed by atoms with Gasteiger partial charge in [-0.15, -0.1) is 0 Å². The van der Waals surface area contributed by atoms with Crippen molar-refractivity contribution in [2.24, 2.45) is 0 Å². The van der Waals surface area contributed by atoms with E-state index in [9.17, 15) is 4.79 Å². The highest BCUT2D eigenvalue weighted by atomic mass is 79.9. The summed E-state index contributed by atoms with van der Waals surface area (Å²) in [5.41, 5.74) is 1.79. The molecule has 0 radical (unpaired) electrons. The van der Waals surface area contributed by atoms with Crippen LogP contribution in [0.15, 0.2) is 22.9 Å². The van der Waals surface area contributed by atoms with E-state index in [-0.39, 0.29) is 12.5 Å². The van der Waals surface area contributed by atoms with Crippen molar-refractivity contribution >= 4 is 21.8 Å². The Labute approximate surface area is 119 Å². The molecule has 2 heterocycles. The number of aromatic nitrogens is 4. The summed E-state index contributed by atoms with van der Waals surface area (Å²) in [5, 5.41) is 11.2. The summed E-state index contributed by atoms with van der Waals surface area (Å²) in [5.74, 6) is -0.0789. The summed E-state index contributed by atoms with van der Waals surface area (Å²) in [6.07, 6.45) is 3.59. The van der Waals surface area contributed by atoms with Gasteiger partial charge in [-0.2, -0.15) is 10.2 Å². The SMILES string of the molecule is CCn1ccc(CNC(=O)Cn2ncc(Br)c2C)n1. The first-order valence-electron chi connectivity index (χ1n) is 6.07. The van der Waals surface area contributed by atoms with E-state index in [1.807, 2.05) is 30.8 Å². The molecule has 2 aromatic rings. The lowest BCUT2D eigenvalue weighted by Crippen LogP contribution is -2.28. The van der Waals surface area contributed by atoms with Gasteiger partial charge in [0.1, 0.15) is 6.54 Å². The Morgan fingerprint density at radius 3 is 2.89 bits per heavy atom. The molecule has 2 rings (SSSR count). The summed E-state index contributed by atoms with van der Waals surface area (Å²) in [7, 11) is 0. The Morgan fingerprint density at radius 2 is 2.32 bits per heavy atom. The molecule has 0 bridgehead atoms. The minimum atomic E-state index is -0.0789. The fourth-order valence-electron chi connectivity index (χ4n) is 1.64. The third-order valence-electron chi connectivity index (χ3n) is 2.82. The van der Waals surface area contributed by atoms with Gasteiger partial charge >= 0.3 is 0 Å². The van der Waals surface area contributed by atoms with Crippen LogP contribution in [0.1, 0.15) is 18.3 Å². The zero-order valence-corrected chi connectivity index (χ0v) is 12.5. The number of carbonyl (C=O) groups excluding carboxylic acids is 1. The Balaban J connectivity index is 1.86. The van der Waals surface area contributed by atoms with Gasteiger partial charge in [0.2, 0.25) is 5.91 Å². The van der Waals surface area contributed by atoms with Gasteiger partial charge in [0.25, 0.3) is 0 Å². The number of carbonyl (C=O) groups is 1. The van der Waals surface area contributed by atoms with Crippen LogP contribution in [0.4, 0.5) is 0 Å². The van der Waals surface area contributed by atoms with Crippen LogP contribution in [0.3, 0.4) is 0 Å². The van der Waals surface area contributed by atoms with Crippen LogP contribution in [-0.4, -0.2) is 25.5 Å². The van der Waals surface area contributed by atoms with Gasteiger partial charge in [0.15, 0.2) is 0 Å². The van der Waals surface area contributed by atoms with Crippen LogP contribution < -0.4 is 5.32 Å². The lowest BCUT2D eigenvalue weighted by Gasteiger charge is -2.05. The van der Waals surface area contributed by atoms with Gasteiger partial charge in [0, 0.05) is 12.7 Å². The van der Waals surface area contributed by atoms with Crippen LogP contribution in [0.25, 0.3) is 0 Å². The number of hydrogen-bond donors (Lipinski definition) is 1. The second kappa shape index (κ2) is 6.01. The quantitative estimate of drug-likeness (QED) is 0.905. The number of halogens is 1. The smallest absolute Gasteiger partial charge is 0.242 e. The Bertz CT molecular complexity index is 574. The van der Waals surface area contributed by atoms with Crippen LogP contribution in [0.2, 0.25) is 0 Å². The molecule has 0 aliphatic heterocycles. The highest BCUT2D eigenvalue weighted by Gasteiger charge is 2.08. The van der Waals surface area contributed by atoms with E-state index in [1.165, 1.54) is 0 Å². The molecule has 0 saturated heterocycles. The van der Waals surface area contributed by atoms with Crippen molar-refractivity contribution in [2.45, 2.75) is 33.5 Å². The first kappa shape index (κ1) is 13.8. The average molecular weight is 326 g/mol. The molecule has 2 aromatic heterocycles. The van der Waals surface area contributed by atoms with Crippen molar-refractivity contribution in [2.75, 3.05) is 0 Å². The second-order valence-corrected chi connectivity index (χ2v) is 5.03. The van der Waals surface area contributed by atoms with Crippen molar-refractivity contribution in [1.29, 1.82) is 0 Å². The lowest BCUT2D eigenvalue weighted by atomic mass is 10.4. The summed E-state index contributed by atoms with van der Waals surface area (Å²) in [4.78, 5) is 11.8. The molecule has 1 amide bonds. The molecule has 0 atom stereocenters. The monoisotopic (exact) mass is 325 g/mol. The van der Waals surface area contributed by atoms with Crippen LogP contribution >= 0.6 is 15.9 Å². The summed E-state index contributed by atoms with van der Waals surface area (Å²) in [6.45, 7) is 5.41. The molecule has 0 aliphatic carbocycles. The number of amides is 1. The van der Waals surface area contributed by atoms with Gasteiger partial charge in [-0.25, -0.2) is 0 Å². The molecule has 0 fully saturated rings. The fraction of sp³-hybridized carbons (Fsp3) is 0.417. The van der Waals surface area contributed by atoms with Crippen molar-refractivity contribution in [1.82, 2.24) is 24.9 Å². The first-order valence-corrected chi connectivity index (χ1v) is 6.86. The van der Waals surface area contributed by atoms with Crippen molar-refractivity contribution in [3.8, 4) is 0 Å². The standard InChI is InChI=1S/C12H16BrN5O/c1-3-17-5-4-10(16-17)6-14-12(19)8-18-9(2)11(13)7-15-18/h4-5,7H,3,6,8H2,1-2H3,(H,14,19). The van der Waals surface area contributed by atoms with Gasteiger partial charge in [-0.1, -0.05) is 0 Å². The highest BCUT2D eigenvalue weighted by Crippen LogP contribution is 2.13. The largest absolute Gasteiger partial charge is 0.349 e. The van der Waals surface area contributed by atoms with Crippen molar-refractivity contribution in [3.05, 3.63) is 34.3 Å². The number of hydrogen-bond acceptors (Lipinski definition) is 3. The maximum absolute atomic E-state index is 11.8. The molecule has 0 aromatic carbocycles. The molecular weight excluding hydrogens is 310 g/mol. The molecule has 6 nitrogen and oxygen atoms in total. The summed E-state index contributed by atoms with van der Waals surface area (Å²) >= 11 is 3.36. The number of nitrogens with one attached hydrogen (secondary N) is 1. The topological polar surface area (TPSA) is 64.7 Å². The Hall–Kier alpha value is -1.63. The third-order valence-corrected chi connectivity index (χ3v) is 3.60. The van der Waals surface area contributed by atoms with Gasteiger partial charge in [-0.3, -0.25) is 14.2 Å². The maximum atomic E-state index is 11.8. The Kier molecular flexibility index (Phi) is 4.36. The molecule has 7 heteroatoms. The van der Waals surface area contributed by atoms with E-state index in [0.717, 1.165) is 22.4 Å². The normalized spacial score (nSPS) is 10.7. The molecular formula is C12H16BrN5O. The predicted molar refractivity (Wildman–Crippen MR) is 74.4 cm³/mol.